The van der Waals surface area contributed by atoms with Gasteiger partial charge in [0.05, 0.1) is 5.60 Å². The maximum atomic E-state index is 9.91. The highest BCUT2D eigenvalue weighted by molar-refractivity contribution is 5.56. The Bertz CT molecular complexity index is 359. The van der Waals surface area contributed by atoms with Crippen LogP contribution in [0, 0.1) is 6.92 Å². The lowest BCUT2D eigenvalue weighted by atomic mass is 9.80. The van der Waals surface area contributed by atoms with Gasteiger partial charge in [-0.3, -0.25) is 0 Å². The Morgan fingerprint density at radius 3 is 2.73 bits per heavy atom. The molecule has 1 aromatic rings. The highest BCUT2D eigenvalue weighted by atomic mass is 16.3. The van der Waals surface area contributed by atoms with Crippen molar-refractivity contribution in [2.24, 2.45) is 0 Å². The molecule has 0 heterocycles. The number of nitrogens with one attached hydrogen (secondary N) is 1. The average Bonchev–Trinajstić information content (AvgIpc) is 2.17. The van der Waals surface area contributed by atoms with E-state index in [-0.39, 0.29) is 0 Å². The molecule has 4 N–H and O–H groups in total. The molecule has 0 bridgehead atoms. The Kier molecular flexibility index (Phi) is 2.57. The second-order valence-electron chi connectivity index (χ2n) is 4.50. The fourth-order valence-corrected chi connectivity index (χ4v) is 1.81. The van der Waals surface area contributed by atoms with E-state index >= 15 is 0 Å². The Balaban J connectivity index is 1.96. The van der Waals surface area contributed by atoms with Gasteiger partial charge in [0, 0.05) is 17.9 Å². The SMILES string of the molecule is Cc1cc(NCC2(O)CCC2)ccc1N. The van der Waals surface area contributed by atoms with Crippen LogP contribution in [0.15, 0.2) is 18.2 Å². The van der Waals surface area contributed by atoms with Gasteiger partial charge in [-0.2, -0.15) is 0 Å². The van der Waals surface area contributed by atoms with Crippen LogP contribution in [0.2, 0.25) is 0 Å². The molecule has 1 aliphatic rings. The Morgan fingerprint density at radius 2 is 2.20 bits per heavy atom. The van der Waals surface area contributed by atoms with Gasteiger partial charge in [0.1, 0.15) is 0 Å². The van der Waals surface area contributed by atoms with E-state index in [1.54, 1.807) is 0 Å². The van der Waals surface area contributed by atoms with Crippen molar-refractivity contribution in [3.63, 3.8) is 0 Å². The van der Waals surface area contributed by atoms with Crippen LogP contribution >= 0.6 is 0 Å². The first-order chi connectivity index (χ1) is 7.09. The normalized spacial score (nSPS) is 18.3. The molecule has 82 valence electrons. The number of aryl methyl sites for hydroxylation is 1. The molecule has 2 rings (SSSR count). The second-order valence-corrected chi connectivity index (χ2v) is 4.50. The van der Waals surface area contributed by atoms with Gasteiger partial charge in [0.15, 0.2) is 0 Å². The largest absolute Gasteiger partial charge is 0.399 e. The molecule has 0 amide bonds. The molecule has 1 aromatic carbocycles. The first-order valence-corrected chi connectivity index (χ1v) is 5.41. The second kappa shape index (κ2) is 3.74. The summed E-state index contributed by atoms with van der Waals surface area (Å²) in [5, 5.41) is 13.2. The zero-order valence-corrected chi connectivity index (χ0v) is 9.09. The van der Waals surface area contributed by atoms with E-state index in [9.17, 15) is 5.11 Å². The summed E-state index contributed by atoms with van der Waals surface area (Å²) < 4.78 is 0. The number of aliphatic hydroxyl groups is 1. The van der Waals surface area contributed by atoms with Crippen LogP contribution in [-0.4, -0.2) is 17.3 Å². The fraction of sp³-hybridized carbons (Fsp3) is 0.500. The van der Waals surface area contributed by atoms with Gasteiger partial charge >= 0.3 is 0 Å². The molecule has 0 saturated heterocycles. The minimum atomic E-state index is -0.477. The summed E-state index contributed by atoms with van der Waals surface area (Å²) in [6, 6.07) is 5.85. The molecule has 0 aliphatic heterocycles. The summed E-state index contributed by atoms with van der Waals surface area (Å²) in [6.45, 7) is 2.62. The van der Waals surface area contributed by atoms with Gasteiger partial charge < -0.3 is 16.2 Å². The minimum Gasteiger partial charge on any atom is -0.399 e. The molecule has 3 nitrogen and oxygen atoms in total. The number of hydrogen-bond acceptors (Lipinski definition) is 3. The summed E-state index contributed by atoms with van der Waals surface area (Å²) in [5.74, 6) is 0. The van der Waals surface area contributed by atoms with E-state index in [2.05, 4.69) is 5.32 Å². The van der Waals surface area contributed by atoms with Crippen molar-refractivity contribution in [2.45, 2.75) is 31.8 Å². The number of anilines is 2. The van der Waals surface area contributed by atoms with Crippen LogP contribution < -0.4 is 11.1 Å². The third kappa shape index (κ3) is 2.23. The van der Waals surface area contributed by atoms with Crippen LogP contribution in [0.25, 0.3) is 0 Å². The van der Waals surface area contributed by atoms with E-state index in [0.29, 0.717) is 6.54 Å². The lowest BCUT2D eigenvalue weighted by Gasteiger charge is -2.36. The molecule has 15 heavy (non-hydrogen) atoms. The molecular formula is C12H18N2O. The Morgan fingerprint density at radius 1 is 1.47 bits per heavy atom. The van der Waals surface area contributed by atoms with Crippen molar-refractivity contribution in [3.8, 4) is 0 Å². The lowest BCUT2D eigenvalue weighted by molar-refractivity contribution is -0.0201. The quantitative estimate of drug-likeness (QED) is 0.662. The molecular weight excluding hydrogens is 188 g/mol. The Labute approximate surface area is 90.3 Å². The van der Waals surface area contributed by atoms with Crippen LogP contribution in [0.3, 0.4) is 0 Å². The number of rotatable bonds is 3. The van der Waals surface area contributed by atoms with Crippen molar-refractivity contribution in [1.82, 2.24) is 0 Å². The Hall–Kier alpha value is -1.22. The number of hydrogen-bond donors (Lipinski definition) is 3. The van der Waals surface area contributed by atoms with E-state index < -0.39 is 5.60 Å². The topological polar surface area (TPSA) is 58.3 Å². The van der Waals surface area contributed by atoms with E-state index in [0.717, 1.165) is 36.2 Å². The van der Waals surface area contributed by atoms with Gasteiger partial charge in [-0.1, -0.05) is 0 Å². The van der Waals surface area contributed by atoms with Crippen LogP contribution in [0.4, 0.5) is 11.4 Å². The lowest BCUT2D eigenvalue weighted by Crippen LogP contribution is -2.43. The van der Waals surface area contributed by atoms with E-state index in [1.807, 2.05) is 25.1 Å². The van der Waals surface area contributed by atoms with Gasteiger partial charge in [-0.05, 0) is 49.9 Å². The van der Waals surface area contributed by atoms with Gasteiger partial charge in [0.25, 0.3) is 0 Å². The first kappa shape index (κ1) is 10.3. The summed E-state index contributed by atoms with van der Waals surface area (Å²) in [4.78, 5) is 0. The van der Waals surface area contributed by atoms with Crippen molar-refractivity contribution in [2.75, 3.05) is 17.6 Å². The molecule has 0 radical (unpaired) electrons. The number of nitrogens with two attached hydrogens (primary N) is 1. The molecule has 1 aliphatic carbocycles. The zero-order chi connectivity index (χ0) is 10.9. The van der Waals surface area contributed by atoms with E-state index in [4.69, 9.17) is 5.73 Å². The predicted molar refractivity (Wildman–Crippen MR) is 62.9 cm³/mol. The first-order valence-electron chi connectivity index (χ1n) is 5.41. The maximum Gasteiger partial charge on any atom is 0.0819 e. The molecule has 3 heteroatoms. The minimum absolute atomic E-state index is 0.477. The monoisotopic (exact) mass is 206 g/mol. The summed E-state index contributed by atoms with van der Waals surface area (Å²) in [6.07, 6.45) is 2.96. The predicted octanol–water partition coefficient (Wildman–Crippen LogP) is 1.90. The van der Waals surface area contributed by atoms with Crippen molar-refractivity contribution < 1.29 is 5.11 Å². The highest BCUT2D eigenvalue weighted by Gasteiger charge is 2.33. The summed E-state index contributed by atoms with van der Waals surface area (Å²) in [5.41, 5.74) is 8.16. The average molecular weight is 206 g/mol. The standard InChI is InChI=1S/C12H18N2O/c1-9-7-10(3-4-11(9)13)14-8-12(15)5-2-6-12/h3-4,7,14-15H,2,5-6,8,13H2,1H3. The van der Waals surface area contributed by atoms with Gasteiger partial charge in [-0.25, -0.2) is 0 Å². The maximum absolute atomic E-state index is 9.91. The molecule has 0 atom stereocenters. The van der Waals surface area contributed by atoms with Crippen molar-refractivity contribution >= 4 is 11.4 Å². The molecule has 1 saturated carbocycles. The third-order valence-electron chi connectivity index (χ3n) is 3.18. The smallest absolute Gasteiger partial charge is 0.0819 e. The van der Waals surface area contributed by atoms with Crippen molar-refractivity contribution in [1.29, 1.82) is 0 Å². The van der Waals surface area contributed by atoms with Gasteiger partial charge in [-0.15, -0.1) is 0 Å². The molecule has 0 spiro atoms. The van der Waals surface area contributed by atoms with Crippen LogP contribution in [0.1, 0.15) is 24.8 Å². The fourth-order valence-electron chi connectivity index (χ4n) is 1.81. The van der Waals surface area contributed by atoms with E-state index in [1.165, 1.54) is 0 Å². The molecule has 0 unspecified atom stereocenters. The summed E-state index contributed by atoms with van der Waals surface area (Å²) >= 11 is 0. The van der Waals surface area contributed by atoms with Crippen LogP contribution in [0.5, 0.6) is 0 Å². The zero-order valence-electron chi connectivity index (χ0n) is 9.09. The highest BCUT2D eigenvalue weighted by Crippen LogP contribution is 2.31. The number of nitrogen functional groups attached to an aromatic ring is 1. The summed E-state index contributed by atoms with van der Waals surface area (Å²) in [7, 11) is 0. The molecule has 0 aromatic heterocycles. The van der Waals surface area contributed by atoms with Crippen LogP contribution in [-0.2, 0) is 0 Å². The third-order valence-corrected chi connectivity index (χ3v) is 3.18. The van der Waals surface area contributed by atoms with Crippen molar-refractivity contribution in [3.05, 3.63) is 23.8 Å². The number of benzene rings is 1. The van der Waals surface area contributed by atoms with Gasteiger partial charge in [0.2, 0.25) is 0 Å². The molecule has 1 fully saturated rings.